The second kappa shape index (κ2) is 3.35. The monoisotopic (exact) mass is 223 g/mol. The van der Waals surface area contributed by atoms with Gasteiger partial charge in [0, 0.05) is 0 Å². The first kappa shape index (κ1) is 10.6. The molecular weight excluding hydrogens is 218 g/mol. The Morgan fingerprint density at radius 1 is 1.50 bits per heavy atom. The molecule has 1 fully saturated rings. The van der Waals surface area contributed by atoms with E-state index in [1.165, 1.54) is 0 Å². The summed E-state index contributed by atoms with van der Waals surface area (Å²) in [6.45, 7) is -0.192. The van der Waals surface area contributed by atoms with Gasteiger partial charge in [-0.3, -0.25) is 18.9 Å². The molecule has 78 valence electrons. The van der Waals surface area contributed by atoms with E-state index in [0.717, 1.165) is 0 Å². The summed E-state index contributed by atoms with van der Waals surface area (Å²) < 4.78 is 29.6. The van der Waals surface area contributed by atoms with Crippen molar-refractivity contribution >= 4 is 28.4 Å². The van der Waals surface area contributed by atoms with Crippen LogP contribution in [0.5, 0.6) is 0 Å². The van der Waals surface area contributed by atoms with E-state index in [-0.39, 0.29) is 11.5 Å². The molecule has 1 heterocycles. The van der Waals surface area contributed by atoms with Crippen molar-refractivity contribution in [2.45, 2.75) is 11.7 Å². The molecule has 9 heteroatoms. The summed E-state index contributed by atoms with van der Waals surface area (Å²) in [4.78, 5) is 35.7. The van der Waals surface area contributed by atoms with Crippen LogP contribution < -0.4 is 0 Å². The molecule has 8 nitrogen and oxygen atoms in total. The summed E-state index contributed by atoms with van der Waals surface area (Å²) in [6.07, 6.45) is -0.731. The Kier molecular flexibility index (Phi) is 2.53. The van der Waals surface area contributed by atoms with E-state index >= 15 is 0 Å². The number of rotatable bonds is 3. The fourth-order valence-electron chi connectivity index (χ4n) is 0.969. The van der Waals surface area contributed by atoms with Gasteiger partial charge in [-0.25, -0.2) is 0 Å². The largest absolute Gasteiger partial charge is 0.334 e. The maximum atomic E-state index is 11.0. The standard InChI is InChI=1S/C5H5NO7S/c7-2-13-6-4(8)1-3(5(6)9)14(10,11)12/h2-3H,1H2,(H,10,11,12). The van der Waals surface area contributed by atoms with Crippen molar-refractivity contribution in [3.63, 3.8) is 0 Å². The van der Waals surface area contributed by atoms with E-state index in [1.807, 2.05) is 0 Å². The number of hydroxylamine groups is 2. The zero-order valence-corrected chi connectivity index (χ0v) is 7.43. The Morgan fingerprint density at radius 3 is 2.43 bits per heavy atom. The van der Waals surface area contributed by atoms with E-state index in [2.05, 4.69) is 4.84 Å². The number of imide groups is 1. The van der Waals surface area contributed by atoms with Gasteiger partial charge in [0.2, 0.25) is 0 Å². The molecule has 0 aliphatic carbocycles. The van der Waals surface area contributed by atoms with Gasteiger partial charge in [0.1, 0.15) is 0 Å². The number of carbonyl (C=O) groups is 3. The normalized spacial score (nSPS) is 22.6. The van der Waals surface area contributed by atoms with Crippen molar-refractivity contribution in [2.24, 2.45) is 0 Å². The van der Waals surface area contributed by atoms with Gasteiger partial charge in [-0.15, -0.1) is 5.06 Å². The minimum atomic E-state index is -4.64. The molecule has 1 saturated heterocycles. The quantitative estimate of drug-likeness (QED) is 0.337. The van der Waals surface area contributed by atoms with Gasteiger partial charge in [-0.2, -0.15) is 8.42 Å². The highest BCUT2D eigenvalue weighted by molar-refractivity contribution is 7.87. The molecule has 1 aliphatic heterocycles. The molecular formula is C5H5NO7S. The second-order valence-corrected chi connectivity index (χ2v) is 4.03. The lowest BCUT2D eigenvalue weighted by Gasteiger charge is -2.08. The van der Waals surface area contributed by atoms with Crippen molar-refractivity contribution < 1.29 is 32.2 Å². The zero-order chi connectivity index (χ0) is 10.9. The predicted molar refractivity (Wildman–Crippen MR) is 39.0 cm³/mol. The van der Waals surface area contributed by atoms with Crippen molar-refractivity contribution in [3.8, 4) is 0 Å². The number of carbonyl (C=O) groups excluding carboxylic acids is 3. The van der Waals surface area contributed by atoms with E-state index in [4.69, 9.17) is 4.55 Å². The minimum absolute atomic E-state index is 0.00539. The second-order valence-electron chi connectivity index (χ2n) is 2.44. The summed E-state index contributed by atoms with van der Waals surface area (Å²) in [7, 11) is -4.64. The third-order valence-corrected chi connectivity index (χ3v) is 2.66. The van der Waals surface area contributed by atoms with Gasteiger partial charge >= 0.3 is 6.47 Å². The Labute approximate surface area is 78.1 Å². The maximum Gasteiger partial charge on any atom is 0.321 e. The van der Waals surface area contributed by atoms with Crippen LogP contribution in [0.15, 0.2) is 0 Å². The Hall–Kier alpha value is -1.48. The van der Waals surface area contributed by atoms with Crippen LogP contribution >= 0.6 is 0 Å². The summed E-state index contributed by atoms with van der Waals surface area (Å²) in [5, 5.41) is -1.87. The smallest absolute Gasteiger partial charge is 0.321 e. The highest BCUT2D eigenvalue weighted by Gasteiger charge is 2.47. The SMILES string of the molecule is O=CON1C(=O)CC(S(=O)(=O)O)C1=O. The van der Waals surface area contributed by atoms with E-state index in [1.54, 1.807) is 0 Å². The van der Waals surface area contributed by atoms with Gasteiger partial charge in [-0.1, -0.05) is 0 Å². The Bertz CT molecular complexity index is 385. The summed E-state index contributed by atoms with van der Waals surface area (Å²) >= 11 is 0. The molecule has 0 aromatic carbocycles. The van der Waals surface area contributed by atoms with Crippen LogP contribution in [0.1, 0.15) is 6.42 Å². The molecule has 1 rings (SSSR count). The molecule has 0 aromatic rings. The van der Waals surface area contributed by atoms with Crippen LogP contribution in [-0.2, 0) is 29.3 Å². The topological polar surface area (TPSA) is 118 Å². The molecule has 0 bridgehead atoms. The predicted octanol–water partition coefficient (Wildman–Crippen LogP) is -1.91. The first-order chi connectivity index (χ1) is 6.38. The molecule has 0 radical (unpaired) electrons. The van der Waals surface area contributed by atoms with Gasteiger partial charge in [0.25, 0.3) is 21.9 Å². The molecule has 2 amide bonds. The van der Waals surface area contributed by atoms with Crippen LogP contribution in [0.25, 0.3) is 0 Å². The van der Waals surface area contributed by atoms with Crippen molar-refractivity contribution in [1.29, 1.82) is 0 Å². The van der Waals surface area contributed by atoms with Crippen molar-refractivity contribution in [2.75, 3.05) is 0 Å². The highest BCUT2D eigenvalue weighted by atomic mass is 32.2. The van der Waals surface area contributed by atoms with Crippen LogP contribution in [0.3, 0.4) is 0 Å². The third-order valence-electron chi connectivity index (χ3n) is 1.57. The van der Waals surface area contributed by atoms with Gasteiger partial charge in [-0.05, 0) is 0 Å². The minimum Gasteiger partial charge on any atom is -0.334 e. The third kappa shape index (κ3) is 1.72. The Morgan fingerprint density at radius 2 is 2.07 bits per heavy atom. The number of amides is 2. The molecule has 1 unspecified atom stereocenters. The highest BCUT2D eigenvalue weighted by Crippen LogP contribution is 2.18. The van der Waals surface area contributed by atoms with E-state index in [9.17, 15) is 22.8 Å². The number of nitrogens with zero attached hydrogens (tertiary/aromatic N) is 1. The van der Waals surface area contributed by atoms with Gasteiger partial charge in [0.15, 0.2) is 5.25 Å². The lowest BCUT2D eigenvalue weighted by molar-refractivity contribution is -0.187. The zero-order valence-electron chi connectivity index (χ0n) is 6.61. The molecule has 0 saturated carbocycles. The van der Waals surface area contributed by atoms with Crippen LogP contribution in [0, 0.1) is 0 Å². The average molecular weight is 223 g/mol. The summed E-state index contributed by atoms with van der Waals surface area (Å²) in [6, 6.07) is 0. The van der Waals surface area contributed by atoms with E-state index < -0.39 is 33.6 Å². The molecule has 14 heavy (non-hydrogen) atoms. The fourth-order valence-corrected chi connectivity index (χ4v) is 1.67. The maximum absolute atomic E-state index is 11.0. The molecule has 1 aliphatic rings. The summed E-state index contributed by atoms with van der Waals surface area (Å²) in [5.41, 5.74) is 0. The number of hydrogen-bond acceptors (Lipinski definition) is 6. The molecule has 0 aromatic heterocycles. The summed E-state index contributed by atoms with van der Waals surface area (Å²) in [5.74, 6) is -2.27. The van der Waals surface area contributed by atoms with E-state index in [0.29, 0.717) is 0 Å². The fraction of sp³-hybridized carbons (Fsp3) is 0.400. The number of hydrogen-bond donors (Lipinski definition) is 1. The van der Waals surface area contributed by atoms with Crippen LogP contribution in [0.4, 0.5) is 0 Å². The van der Waals surface area contributed by atoms with Gasteiger partial charge < -0.3 is 4.84 Å². The van der Waals surface area contributed by atoms with Crippen LogP contribution in [0.2, 0.25) is 0 Å². The molecule has 1 N–H and O–H groups in total. The lowest BCUT2D eigenvalue weighted by Crippen LogP contribution is -2.34. The van der Waals surface area contributed by atoms with Crippen molar-refractivity contribution in [1.82, 2.24) is 5.06 Å². The van der Waals surface area contributed by atoms with Gasteiger partial charge in [0.05, 0.1) is 6.42 Å². The Balaban J connectivity index is 2.96. The molecule has 1 atom stereocenters. The lowest BCUT2D eigenvalue weighted by atomic mass is 10.4. The first-order valence-corrected chi connectivity index (χ1v) is 4.81. The van der Waals surface area contributed by atoms with Crippen molar-refractivity contribution in [3.05, 3.63) is 0 Å². The average Bonchev–Trinajstić information content (AvgIpc) is 2.31. The molecule has 0 spiro atoms. The first-order valence-electron chi connectivity index (χ1n) is 3.31. The van der Waals surface area contributed by atoms with Crippen LogP contribution in [-0.4, -0.2) is 41.6 Å².